The highest BCUT2D eigenvalue weighted by Gasteiger charge is 2.29. The van der Waals surface area contributed by atoms with Gasteiger partial charge in [0.05, 0.1) is 6.04 Å². The van der Waals surface area contributed by atoms with Crippen LogP contribution in [0.25, 0.3) is 0 Å². The van der Waals surface area contributed by atoms with E-state index in [9.17, 15) is 0 Å². The molecule has 0 amide bonds. The molecule has 1 N–H and O–H groups in total. The Bertz CT molecular complexity index is 600. The molecule has 0 aliphatic carbocycles. The zero-order valence-electron chi connectivity index (χ0n) is 11.7. The summed E-state index contributed by atoms with van der Waals surface area (Å²) in [7, 11) is 1.87. The van der Waals surface area contributed by atoms with Crippen molar-refractivity contribution in [3.63, 3.8) is 0 Å². The van der Waals surface area contributed by atoms with Gasteiger partial charge >= 0.3 is 0 Å². The van der Waals surface area contributed by atoms with Gasteiger partial charge in [0.1, 0.15) is 18.0 Å². The van der Waals surface area contributed by atoms with Gasteiger partial charge in [0.2, 0.25) is 0 Å². The first-order valence-electron chi connectivity index (χ1n) is 6.84. The topological polar surface area (TPSA) is 66.8 Å². The molecule has 1 aliphatic heterocycles. The summed E-state index contributed by atoms with van der Waals surface area (Å²) in [6, 6.07) is 4.08. The first kappa shape index (κ1) is 12.8. The number of aryl methyl sites for hydroxylation is 1. The van der Waals surface area contributed by atoms with E-state index in [1.54, 1.807) is 12.5 Å². The first-order valence-corrected chi connectivity index (χ1v) is 6.84. The van der Waals surface area contributed by atoms with Crippen molar-refractivity contribution >= 4 is 11.6 Å². The van der Waals surface area contributed by atoms with E-state index in [2.05, 4.69) is 30.2 Å². The summed E-state index contributed by atoms with van der Waals surface area (Å²) in [4.78, 5) is 19.8. The van der Waals surface area contributed by atoms with Crippen LogP contribution < -0.4 is 10.2 Å². The summed E-state index contributed by atoms with van der Waals surface area (Å²) in [6.07, 6.45) is 5.60. The maximum absolute atomic E-state index is 4.56. The van der Waals surface area contributed by atoms with Crippen molar-refractivity contribution in [1.82, 2.24) is 19.9 Å². The SMILES string of the molecule is CNc1ccnc([C@H]2CCCN2c2cc(C)ncn2)n1. The van der Waals surface area contributed by atoms with Crippen LogP contribution in [0.3, 0.4) is 0 Å². The molecule has 0 saturated carbocycles. The molecule has 20 heavy (non-hydrogen) atoms. The highest BCUT2D eigenvalue weighted by atomic mass is 15.3. The van der Waals surface area contributed by atoms with Gasteiger partial charge in [-0.15, -0.1) is 0 Å². The van der Waals surface area contributed by atoms with Crippen LogP contribution in [0.1, 0.15) is 30.4 Å². The Kier molecular flexibility index (Phi) is 3.45. The Balaban J connectivity index is 1.92. The minimum absolute atomic E-state index is 0.192. The second kappa shape index (κ2) is 5.40. The van der Waals surface area contributed by atoms with Crippen LogP contribution in [0.15, 0.2) is 24.7 Å². The summed E-state index contributed by atoms with van der Waals surface area (Å²) < 4.78 is 0. The van der Waals surface area contributed by atoms with Crippen LogP contribution in [0.5, 0.6) is 0 Å². The third kappa shape index (κ3) is 2.41. The Labute approximate surface area is 118 Å². The van der Waals surface area contributed by atoms with E-state index in [4.69, 9.17) is 0 Å². The predicted octanol–water partition coefficient (Wildman–Crippen LogP) is 1.96. The molecule has 2 aromatic heterocycles. The van der Waals surface area contributed by atoms with Crippen LogP contribution >= 0.6 is 0 Å². The molecule has 0 unspecified atom stereocenters. The predicted molar refractivity (Wildman–Crippen MR) is 77.7 cm³/mol. The maximum atomic E-state index is 4.56. The Morgan fingerprint density at radius 3 is 3.00 bits per heavy atom. The van der Waals surface area contributed by atoms with Gasteiger partial charge in [-0.05, 0) is 25.8 Å². The third-order valence-electron chi connectivity index (χ3n) is 3.56. The molecule has 1 aliphatic rings. The van der Waals surface area contributed by atoms with Crippen LogP contribution in [0, 0.1) is 6.92 Å². The average Bonchev–Trinajstić information content (AvgIpc) is 2.97. The summed E-state index contributed by atoms with van der Waals surface area (Å²) in [5.41, 5.74) is 0.977. The minimum atomic E-state index is 0.192. The van der Waals surface area contributed by atoms with Gasteiger partial charge in [0.25, 0.3) is 0 Å². The fourth-order valence-corrected chi connectivity index (χ4v) is 2.58. The van der Waals surface area contributed by atoms with Crippen LogP contribution in [0.2, 0.25) is 0 Å². The molecule has 0 bridgehead atoms. The molecule has 1 saturated heterocycles. The van der Waals surface area contributed by atoms with Crippen molar-refractivity contribution in [2.75, 3.05) is 23.8 Å². The highest BCUT2D eigenvalue weighted by Crippen LogP contribution is 2.33. The number of hydrogen-bond acceptors (Lipinski definition) is 6. The van der Waals surface area contributed by atoms with Gasteiger partial charge < -0.3 is 10.2 Å². The van der Waals surface area contributed by atoms with Crippen molar-refractivity contribution in [3.05, 3.63) is 36.2 Å². The van der Waals surface area contributed by atoms with Crippen LogP contribution in [-0.4, -0.2) is 33.5 Å². The van der Waals surface area contributed by atoms with E-state index in [1.807, 2.05) is 26.1 Å². The maximum Gasteiger partial charge on any atom is 0.153 e. The summed E-state index contributed by atoms with van der Waals surface area (Å²) in [5.74, 6) is 2.66. The fourth-order valence-electron chi connectivity index (χ4n) is 2.58. The molecule has 2 aromatic rings. The standard InChI is InChI=1S/C14H18N6/c1-10-8-13(18-9-17-10)20-7-3-4-11(20)14-16-6-5-12(15-2)19-14/h5-6,8-9,11H,3-4,7H2,1-2H3,(H,15,16,19)/t11-/m1/s1. The van der Waals surface area contributed by atoms with E-state index in [1.165, 1.54) is 0 Å². The third-order valence-corrected chi connectivity index (χ3v) is 3.56. The molecule has 6 nitrogen and oxygen atoms in total. The van der Waals surface area contributed by atoms with Crippen LogP contribution in [-0.2, 0) is 0 Å². The van der Waals surface area contributed by atoms with Gasteiger partial charge in [-0.25, -0.2) is 19.9 Å². The van der Waals surface area contributed by atoms with Gasteiger partial charge in [-0.1, -0.05) is 0 Å². The van der Waals surface area contributed by atoms with Gasteiger partial charge in [0.15, 0.2) is 5.82 Å². The molecule has 3 rings (SSSR count). The number of rotatable bonds is 3. The van der Waals surface area contributed by atoms with E-state index in [-0.39, 0.29) is 6.04 Å². The largest absolute Gasteiger partial charge is 0.373 e. The van der Waals surface area contributed by atoms with E-state index >= 15 is 0 Å². The summed E-state index contributed by atoms with van der Waals surface area (Å²) >= 11 is 0. The zero-order chi connectivity index (χ0) is 13.9. The molecular formula is C14H18N6. The van der Waals surface area contributed by atoms with Crippen molar-refractivity contribution in [3.8, 4) is 0 Å². The lowest BCUT2D eigenvalue weighted by molar-refractivity contribution is 0.660. The minimum Gasteiger partial charge on any atom is -0.373 e. The van der Waals surface area contributed by atoms with Crippen molar-refractivity contribution in [2.45, 2.75) is 25.8 Å². The Morgan fingerprint density at radius 1 is 1.30 bits per heavy atom. The fraction of sp³-hybridized carbons (Fsp3) is 0.429. The summed E-state index contributed by atoms with van der Waals surface area (Å²) in [5, 5.41) is 3.06. The average molecular weight is 270 g/mol. The van der Waals surface area contributed by atoms with E-state index < -0.39 is 0 Å². The lowest BCUT2D eigenvalue weighted by Crippen LogP contribution is -2.25. The molecule has 6 heteroatoms. The van der Waals surface area contributed by atoms with Crippen LogP contribution in [0.4, 0.5) is 11.6 Å². The van der Waals surface area contributed by atoms with E-state index in [0.717, 1.165) is 42.5 Å². The molecule has 1 atom stereocenters. The van der Waals surface area contributed by atoms with Gasteiger partial charge in [-0.2, -0.15) is 0 Å². The van der Waals surface area contributed by atoms with E-state index in [0.29, 0.717) is 0 Å². The molecule has 0 spiro atoms. The smallest absolute Gasteiger partial charge is 0.153 e. The van der Waals surface area contributed by atoms with Gasteiger partial charge in [-0.3, -0.25) is 0 Å². The Hall–Kier alpha value is -2.24. The Morgan fingerprint density at radius 2 is 2.20 bits per heavy atom. The highest BCUT2D eigenvalue weighted by molar-refractivity contribution is 5.43. The molecule has 3 heterocycles. The second-order valence-electron chi connectivity index (χ2n) is 4.92. The molecule has 1 fully saturated rings. The van der Waals surface area contributed by atoms with Gasteiger partial charge in [0, 0.05) is 31.5 Å². The molecule has 0 radical (unpaired) electrons. The number of anilines is 2. The normalized spacial score (nSPS) is 18.3. The number of nitrogens with one attached hydrogen (secondary N) is 1. The second-order valence-corrected chi connectivity index (χ2v) is 4.92. The first-order chi connectivity index (χ1) is 9.78. The quantitative estimate of drug-likeness (QED) is 0.919. The van der Waals surface area contributed by atoms with Crippen molar-refractivity contribution in [2.24, 2.45) is 0 Å². The number of hydrogen-bond donors (Lipinski definition) is 1. The monoisotopic (exact) mass is 270 g/mol. The number of nitrogens with zero attached hydrogens (tertiary/aromatic N) is 5. The summed E-state index contributed by atoms with van der Waals surface area (Å²) in [6.45, 7) is 2.96. The molecule has 104 valence electrons. The lowest BCUT2D eigenvalue weighted by Gasteiger charge is -2.24. The lowest BCUT2D eigenvalue weighted by atomic mass is 10.2. The number of aromatic nitrogens is 4. The molecule has 0 aromatic carbocycles. The van der Waals surface area contributed by atoms with Crippen molar-refractivity contribution < 1.29 is 0 Å². The van der Waals surface area contributed by atoms with Crippen molar-refractivity contribution in [1.29, 1.82) is 0 Å². The zero-order valence-corrected chi connectivity index (χ0v) is 11.7. The molecular weight excluding hydrogens is 252 g/mol.